The van der Waals surface area contributed by atoms with Crippen molar-refractivity contribution >= 4 is 16.0 Å². The van der Waals surface area contributed by atoms with Crippen LogP contribution < -0.4 is 10.0 Å². The minimum atomic E-state index is -3.72. The van der Waals surface area contributed by atoms with Gasteiger partial charge in [-0.25, -0.2) is 22.9 Å². The molecular formula is C17H19N3O4S. The number of methoxy groups -OCH3 is 1. The lowest BCUT2D eigenvalue weighted by atomic mass is 9.95. The van der Waals surface area contributed by atoms with E-state index in [1.54, 1.807) is 0 Å². The number of carbonyl (C=O) groups is 1. The van der Waals surface area contributed by atoms with E-state index in [1.807, 2.05) is 18.2 Å². The van der Waals surface area contributed by atoms with Crippen molar-refractivity contribution in [2.24, 2.45) is 0 Å². The van der Waals surface area contributed by atoms with Crippen LogP contribution in [0.25, 0.3) is 0 Å². The third-order valence-electron chi connectivity index (χ3n) is 4.13. The van der Waals surface area contributed by atoms with Gasteiger partial charge < -0.3 is 10.1 Å². The van der Waals surface area contributed by atoms with E-state index in [-0.39, 0.29) is 23.2 Å². The molecule has 25 heavy (non-hydrogen) atoms. The van der Waals surface area contributed by atoms with Crippen molar-refractivity contribution in [2.75, 3.05) is 20.2 Å². The first-order valence-corrected chi connectivity index (χ1v) is 9.35. The minimum Gasteiger partial charge on any atom is -0.464 e. The molecule has 0 radical (unpaired) electrons. The molecule has 3 rings (SSSR count). The Morgan fingerprint density at radius 2 is 2.12 bits per heavy atom. The first-order valence-electron chi connectivity index (χ1n) is 7.86. The third-order valence-corrected chi connectivity index (χ3v) is 5.54. The van der Waals surface area contributed by atoms with E-state index in [0.717, 1.165) is 24.7 Å². The second-order valence-electron chi connectivity index (χ2n) is 5.68. The number of ether oxygens (including phenoxy) is 1. The van der Waals surface area contributed by atoms with Gasteiger partial charge in [-0.1, -0.05) is 24.3 Å². The number of sulfonamides is 1. The number of fused-ring (bicyclic) bond motifs is 1. The maximum atomic E-state index is 12.4. The average Bonchev–Trinajstić information content (AvgIpc) is 2.66. The van der Waals surface area contributed by atoms with Crippen molar-refractivity contribution in [2.45, 2.75) is 17.4 Å². The number of aromatic nitrogens is 1. The van der Waals surface area contributed by atoms with Crippen molar-refractivity contribution in [3.8, 4) is 0 Å². The summed E-state index contributed by atoms with van der Waals surface area (Å²) >= 11 is 0. The van der Waals surface area contributed by atoms with Gasteiger partial charge in [0.2, 0.25) is 10.0 Å². The fraction of sp³-hybridized carbons (Fsp3) is 0.294. The maximum Gasteiger partial charge on any atom is 0.356 e. The molecule has 7 nitrogen and oxygen atoms in total. The molecule has 1 unspecified atom stereocenters. The van der Waals surface area contributed by atoms with Crippen LogP contribution in [0.15, 0.2) is 47.5 Å². The molecule has 1 aliphatic heterocycles. The highest BCUT2D eigenvalue weighted by molar-refractivity contribution is 7.89. The standard InChI is InChI=1S/C17H19N3O4S/c1-24-17(21)15-7-6-13(10-19-15)25(22,23)20-11-16-14-5-3-2-4-12(14)8-9-18-16/h2-7,10,16,18,20H,8-9,11H2,1H3. The topological polar surface area (TPSA) is 97.4 Å². The fourth-order valence-electron chi connectivity index (χ4n) is 2.82. The van der Waals surface area contributed by atoms with Crippen molar-refractivity contribution in [3.05, 3.63) is 59.4 Å². The third kappa shape index (κ3) is 3.87. The summed E-state index contributed by atoms with van der Waals surface area (Å²) in [6, 6.07) is 10.6. The van der Waals surface area contributed by atoms with Gasteiger partial charge in [0.1, 0.15) is 10.6 Å². The molecule has 0 saturated carbocycles. The summed E-state index contributed by atoms with van der Waals surface area (Å²) in [7, 11) is -2.47. The van der Waals surface area contributed by atoms with Crippen LogP contribution in [0.1, 0.15) is 27.7 Å². The summed E-state index contributed by atoms with van der Waals surface area (Å²) in [4.78, 5) is 15.2. The molecule has 0 aliphatic carbocycles. The lowest BCUT2D eigenvalue weighted by molar-refractivity contribution is 0.0594. The van der Waals surface area contributed by atoms with Crippen LogP contribution in [0, 0.1) is 0 Å². The average molecular weight is 361 g/mol. The van der Waals surface area contributed by atoms with Gasteiger partial charge in [0.05, 0.1) is 7.11 Å². The molecule has 0 bridgehead atoms. The summed E-state index contributed by atoms with van der Waals surface area (Å²) in [6.07, 6.45) is 2.08. The molecule has 1 aromatic heterocycles. The molecule has 0 fully saturated rings. The zero-order chi connectivity index (χ0) is 17.9. The van der Waals surface area contributed by atoms with E-state index in [9.17, 15) is 13.2 Å². The summed E-state index contributed by atoms with van der Waals surface area (Å²) in [6.45, 7) is 1.04. The maximum absolute atomic E-state index is 12.4. The highest BCUT2D eigenvalue weighted by Crippen LogP contribution is 2.22. The van der Waals surface area contributed by atoms with Gasteiger partial charge in [-0.15, -0.1) is 0 Å². The Morgan fingerprint density at radius 1 is 1.32 bits per heavy atom. The van der Waals surface area contributed by atoms with Crippen LogP contribution in [0.3, 0.4) is 0 Å². The van der Waals surface area contributed by atoms with Gasteiger partial charge >= 0.3 is 5.97 Å². The van der Waals surface area contributed by atoms with Crippen LogP contribution >= 0.6 is 0 Å². The lowest BCUT2D eigenvalue weighted by Crippen LogP contribution is -2.38. The number of esters is 1. The monoisotopic (exact) mass is 361 g/mol. The van der Waals surface area contributed by atoms with Crippen LogP contribution in [0.2, 0.25) is 0 Å². The Hall–Kier alpha value is -2.29. The quantitative estimate of drug-likeness (QED) is 0.772. The molecule has 0 saturated heterocycles. The summed E-state index contributed by atoms with van der Waals surface area (Å²) < 4.78 is 32.0. The molecule has 1 aliphatic rings. The number of hydrogen-bond donors (Lipinski definition) is 2. The number of nitrogens with zero attached hydrogens (tertiary/aromatic N) is 1. The largest absolute Gasteiger partial charge is 0.464 e. The van der Waals surface area contributed by atoms with E-state index in [2.05, 4.69) is 25.8 Å². The van der Waals surface area contributed by atoms with Gasteiger partial charge in [0.25, 0.3) is 0 Å². The molecule has 0 amide bonds. The normalized spacial score (nSPS) is 16.9. The van der Waals surface area contributed by atoms with Gasteiger partial charge in [-0.2, -0.15) is 0 Å². The van der Waals surface area contributed by atoms with E-state index < -0.39 is 16.0 Å². The van der Waals surface area contributed by atoms with Crippen molar-refractivity contribution < 1.29 is 17.9 Å². The van der Waals surface area contributed by atoms with Gasteiger partial charge in [0, 0.05) is 18.8 Å². The number of carbonyl (C=O) groups excluding carboxylic acids is 1. The number of hydrogen-bond acceptors (Lipinski definition) is 6. The van der Waals surface area contributed by atoms with Crippen LogP contribution in [-0.2, 0) is 21.2 Å². The Kier molecular flexibility index (Phi) is 5.12. The van der Waals surface area contributed by atoms with Crippen molar-refractivity contribution in [1.82, 2.24) is 15.0 Å². The molecular weight excluding hydrogens is 342 g/mol. The van der Waals surface area contributed by atoms with Crippen LogP contribution in [0.5, 0.6) is 0 Å². The van der Waals surface area contributed by atoms with E-state index in [0.29, 0.717) is 0 Å². The molecule has 1 aromatic carbocycles. The summed E-state index contributed by atoms with van der Waals surface area (Å²) in [5, 5.41) is 3.33. The summed E-state index contributed by atoms with van der Waals surface area (Å²) in [5.74, 6) is -0.611. The highest BCUT2D eigenvalue weighted by Gasteiger charge is 2.22. The molecule has 132 valence electrons. The zero-order valence-corrected chi connectivity index (χ0v) is 14.5. The number of benzene rings is 1. The molecule has 1 atom stereocenters. The number of nitrogens with one attached hydrogen (secondary N) is 2. The first-order chi connectivity index (χ1) is 12.0. The number of pyridine rings is 1. The second kappa shape index (κ2) is 7.30. The Bertz CT molecular complexity index is 866. The predicted octanol–water partition coefficient (Wildman–Crippen LogP) is 1.03. The molecule has 0 spiro atoms. The number of rotatable bonds is 5. The van der Waals surface area contributed by atoms with Gasteiger partial charge in [-0.05, 0) is 36.2 Å². The molecule has 2 N–H and O–H groups in total. The minimum absolute atomic E-state index is 0.00393. The molecule has 8 heteroatoms. The smallest absolute Gasteiger partial charge is 0.356 e. The Morgan fingerprint density at radius 3 is 2.84 bits per heavy atom. The van der Waals surface area contributed by atoms with Crippen LogP contribution in [0.4, 0.5) is 0 Å². The SMILES string of the molecule is COC(=O)c1ccc(S(=O)(=O)NCC2NCCc3ccccc32)cn1. The molecule has 2 heterocycles. The lowest BCUT2D eigenvalue weighted by Gasteiger charge is -2.27. The van der Waals surface area contributed by atoms with E-state index in [4.69, 9.17) is 0 Å². The zero-order valence-electron chi connectivity index (χ0n) is 13.7. The Balaban J connectivity index is 1.71. The van der Waals surface area contributed by atoms with Gasteiger partial charge in [-0.3, -0.25) is 0 Å². The second-order valence-corrected chi connectivity index (χ2v) is 7.45. The van der Waals surface area contributed by atoms with E-state index in [1.165, 1.54) is 24.8 Å². The van der Waals surface area contributed by atoms with Crippen LogP contribution in [-0.4, -0.2) is 39.6 Å². The summed E-state index contributed by atoms with van der Waals surface area (Å²) in [5.41, 5.74) is 2.40. The predicted molar refractivity (Wildman–Crippen MR) is 91.7 cm³/mol. The fourth-order valence-corrected chi connectivity index (χ4v) is 3.81. The first kappa shape index (κ1) is 17.5. The molecule has 2 aromatic rings. The van der Waals surface area contributed by atoms with Crippen molar-refractivity contribution in [1.29, 1.82) is 0 Å². The van der Waals surface area contributed by atoms with Crippen molar-refractivity contribution in [3.63, 3.8) is 0 Å². The van der Waals surface area contributed by atoms with Gasteiger partial charge in [0.15, 0.2) is 0 Å². The highest BCUT2D eigenvalue weighted by atomic mass is 32.2. The Labute approximate surface area is 146 Å². The van der Waals surface area contributed by atoms with E-state index >= 15 is 0 Å².